The zero-order valence-corrected chi connectivity index (χ0v) is 16.1. The molecule has 0 fully saturated rings. The Bertz CT molecular complexity index is 570. The summed E-state index contributed by atoms with van der Waals surface area (Å²) in [4.78, 5) is 0. The van der Waals surface area contributed by atoms with Gasteiger partial charge >= 0.3 is 0 Å². The second kappa shape index (κ2) is 14.3. The Morgan fingerprint density at radius 1 is 0.333 bits per heavy atom. The Morgan fingerprint density at radius 3 is 0.958 bits per heavy atom. The highest BCUT2D eigenvalue weighted by Crippen LogP contribution is 2.25. The van der Waals surface area contributed by atoms with Gasteiger partial charge in [-0.1, -0.05) is 120 Å². The van der Waals surface area contributed by atoms with Crippen molar-refractivity contribution in [1.29, 1.82) is 0 Å². The van der Waals surface area contributed by atoms with E-state index in [1.54, 1.807) is 0 Å². The van der Waals surface area contributed by atoms with E-state index < -0.39 is 0 Å². The SMILES string of the molecule is CC.CC.CC.c1ccc(-c2cccc(-c3ccccc3)c2)cc1. The minimum absolute atomic E-state index is 1.26. The van der Waals surface area contributed by atoms with Gasteiger partial charge in [0.05, 0.1) is 0 Å². The number of benzene rings is 3. The van der Waals surface area contributed by atoms with Gasteiger partial charge in [0.2, 0.25) is 0 Å². The molecule has 0 radical (unpaired) electrons. The first-order chi connectivity index (χ1) is 11.9. The third-order valence-electron chi connectivity index (χ3n) is 3.08. The van der Waals surface area contributed by atoms with Crippen molar-refractivity contribution >= 4 is 0 Å². The third kappa shape index (κ3) is 6.83. The predicted octanol–water partition coefficient (Wildman–Crippen LogP) is 8.10. The van der Waals surface area contributed by atoms with E-state index in [0.717, 1.165) is 0 Å². The Balaban J connectivity index is 0.000000798. The predicted molar refractivity (Wildman–Crippen MR) is 111 cm³/mol. The van der Waals surface area contributed by atoms with Gasteiger partial charge in [-0.3, -0.25) is 0 Å². The van der Waals surface area contributed by atoms with Crippen LogP contribution >= 0.6 is 0 Å². The van der Waals surface area contributed by atoms with Gasteiger partial charge in [-0.15, -0.1) is 0 Å². The minimum Gasteiger partial charge on any atom is -0.0683 e. The maximum absolute atomic E-state index is 2.24. The summed E-state index contributed by atoms with van der Waals surface area (Å²) in [5.41, 5.74) is 5.04. The van der Waals surface area contributed by atoms with E-state index in [9.17, 15) is 0 Å². The van der Waals surface area contributed by atoms with Crippen LogP contribution in [0, 0.1) is 0 Å². The van der Waals surface area contributed by atoms with Crippen molar-refractivity contribution in [2.24, 2.45) is 0 Å². The van der Waals surface area contributed by atoms with Gasteiger partial charge in [0, 0.05) is 0 Å². The lowest BCUT2D eigenvalue weighted by Crippen LogP contribution is -1.80. The molecule has 0 heterocycles. The highest BCUT2D eigenvalue weighted by Gasteiger charge is 2.00. The lowest BCUT2D eigenvalue weighted by molar-refractivity contribution is 1.50. The standard InChI is InChI=1S/C18H14.3C2H6/c1-3-8-15(9-4-1)17-12-7-13-18(14-17)16-10-5-2-6-11-16;3*1-2/h1-14H;3*1-2H3. The summed E-state index contributed by atoms with van der Waals surface area (Å²) in [6, 6.07) is 29.6. The molecule has 3 aromatic rings. The highest BCUT2D eigenvalue weighted by molar-refractivity contribution is 5.72. The third-order valence-corrected chi connectivity index (χ3v) is 3.08. The van der Waals surface area contributed by atoms with Gasteiger partial charge in [-0.2, -0.15) is 0 Å². The largest absolute Gasteiger partial charge is 0.0683 e. The van der Waals surface area contributed by atoms with Crippen LogP contribution in [0.3, 0.4) is 0 Å². The van der Waals surface area contributed by atoms with Crippen LogP contribution in [0.5, 0.6) is 0 Å². The van der Waals surface area contributed by atoms with Crippen molar-refractivity contribution in [1.82, 2.24) is 0 Å². The summed E-state index contributed by atoms with van der Waals surface area (Å²) in [6.07, 6.45) is 0. The molecule has 0 saturated heterocycles. The van der Waals surface area contributed by atoms with Crippen LogP contribution in [0.15, 0.2) is 84.9 Å². The van der Waals surface area contributed by atoms with E-state index in [-0.39, 0.29) is 0 Å². The van der Waals surface area contributed by atoms with Crippen molar-refractivity contribution in [3.8, 4) is 22.3 Å². The van der Waals surface area contributed by atoms with Crippen LogP contribution < -0.4 is 0 Å². The van der Waals surface area contributed by atoms with E-state index in [2.05, 4.69) is 72.8 Å². The summed E-state index contributed by atoms with van der Waals surface area (Å²) in [5.74, 6) is 0. The smallest absolute Gasteiger partial charge is 0.0178 e. The van der Waals surface area contributed by atoms with Crippen molar-refractivity contribution in [3.05, 3.63) is 84.9 Å². The molecular formula is C24H32. The molecule has 3 aromatic carbocycles. The molecule has 0 aliphatic heterocycles. The lowest BCUT2D eigenvalue weighted by Gasteiger charge is -2.05. The molecule has 0 aliphatic rings. The molecule has 0 aromatic heterocycles. The molecule has 0 heteroatoms. The fourth-order valence-electron chi connectivity index (χ4n) is 2.14. The van der Waals surface area contributed by atoms with Crippen LogP contribution in [-0.4, -0.2) is 0 Å². The lowest BCUT2D eigenvalue weighted by atomic mass is 9.99. The second-order valence-corrected chi connectivity index (χ2v) is 4.31. The van der Waals surface area contributed by atoms with Crippen LogP contribution in [-0.2, 0) is 0 Å². The normalized spacial score (nSPS) is 8.42. The highest BCUT2D eigenvalue weighted by atomic mass is 14.0. The van der Waals surface area contributed by atoms with Gasteiger partial charge in [0.15, 0.2) is 0 Å². The zero-order chi connectivity index (χ0) is 18.2. The maximum atomic E-state index is 2.24. The topological polar surface area (TPSA) is 0 Å². The van der Waals surface area contributed by atoms with Crippen LogP contribution in [0.2, 0.25) is 0 Å². The van der Waals surface area contributed by atoms with Crippen molar-refractivity contribution in [2.45, 2.75) is 41.5 Å². The first-order valence-electron chi connectivity index (χ1n) is 9.14. The Labute approximate surface area is 149 Å². The molecule has 0 bridgehead atoms. The van der Waals surface area contributed by atoms with Gasteiger partial charge in [0.1, 0.15) is 0 Å². The molecule has 128 valence electrons. The summed E-state index contributed by atoms with van der Waals surface area (Å²) >= 11 is 0. The fourth-order valence-corrected chi connectivity index (χ4v) is 2.14. The Hall–Kier alpha value is -2.34. The molecule has 0 amide bonds. The number of rotatable bonds is 2. The van der Waals surface area contributed by atoms with Crippen molar-refractivity contribution in [3.63, 3.8) is 0 Å². The van der Waals surface area contributed by atoms with Crippen LogP contribution in [0.25, 0.3) is 22.3 Å². The van der Waals surface area contributed by atoms with Crippen LogP contribution in [0.1, 0.15) is 41.5 Å². The monoisotopic (exact) mass is 320 g/mol. The Morgan fingerprint density at radius 2 is 0.625 bits per heavy atom. The zero-order valence-electron chi connectivity index (χ0n) is 16.1. The second-order valence-electron chi connectivity index (χ2n) is 4.31. The average Bonchev–Trinajstić information content (AvgIpc) is 2.74. The van der Waals surface area contributed by atoms with E-state index in [1.165, 1.54) is 22.3 Å². The van der Waals surface area contributed by atoms with E-state index in [4.69, 9.17) is 0 Å². The van der Waals surface area contributed by atoms with Crippen molar-refractivity contribution in [2.75, 3.05) is 0 Å². The molecule has 0 aliphatic carbocycles. The van der Waals surface area contributed by atoms with Crippen molar-refractivity contribution < 1.29 is 0 Å². The molecule has 3 rings (SSSR count). The molecule has 0 N–H and O–H groups in total. The van der Waals surface area contributed by atoms with Gasteiger partial charge in [-0.25, -0.2) is 0 Å². The van der Waals surface area contributed by atoms with Gasteiger partial charge < -0.3 is 0 Å². The summed E-state index contributed by atoms with van der Waals surface area (Å²) in [5, 5.41) is 0. The quantitative estimate of drug-likeness (QED) is 0.447. The summed E-state index contributed by atoms with van der Waals surface area (Å²) in [6.45, 7) is 12.0. The molecule has 0 spiro atoms. The summed E-state index contributed by atoms with van der Waals surface area (Å²) in [7, 11) is 0. The fraction of sp³-hybridized carbons (Fsp3) is 0.250. The van der Waals surface area contributed by atoms with Crippen LogP contribution in [0.4, 0.5) is 0 Å². The summed E-state index contributed by atoms with van der Waals surface area (Å²) < 4.78 is 0. The molecule has 24 heavy (non-hydrogen) atoms. The maximum Gasteiger partial charge on any atom is -0.0178 e. The van der Waals surface area contributed by atoms with Gasteiger partial charge in [-0.05, 0) is 28.3 Å². The minimum atomic E-state index is 1.26. The average molecular weight is 321 g/mol. The van der Waals surface area contributed by atoms with E-state index >= 15 is 0 Å². The molecular weight excluding hydrogens is 288 g/mol. The first-order valence-corrected chi connectivity index (χ1v) is 9.14. The first kappa shape index (κ1) is 21.7. The van der Waals surface area contributed by atoms with E-state index in [0.29, 0.717) is 0 Å². The van der Waals surface area contributed by atoms with E-state index in [1.807, 2.05) is 53.7 Å². The molecule has 0 atom stereocenters. The molecule has 0 saturated carbocycles. The Kier molecular flexibility index (Phi) is 12.9. The van der Waals surface area contributed by atoms with Gasteiger partial charge in [0.25, 0.3) is 0 Å². The molecule has 0 unspecified atom stereocenters. The number of hydrogen-bond acceptors (Lipinski definition) is 0. The molecule has 0 nitrogen and oxygen atoms in total. The number of hydrogen-bond donors (Lipinski definition) is 0.